The van der Waals surface area contributed by atoms with Crippen LogP contribution in [0.1, 0.15) is 0 Å². The van der Waals surface area contributed by atoms with E-state index in [0.717, 1.165) is 22.6 Å². The molecule has 6 heteroatoms. The largest absolute Gasteiger partial charge is 0.454 e. The number of nitrogens with zero attached hydrogens (tertiary/aromatic N) is 4. The van der Waals surface area contributed by atoms with E-state index in [-0.39, 0.29) is 13.3 Å². The van der Waals surface area contributed by atoms with E-state index in [0.29, 0.717) is 5.95 Å². The quantitative estimate of drug-likeness (QED) is 0.791. The van der Waals surface area contributed by atoms with E-state index in [1.807, 2.05) is 18.2 Å². The van der Waals surface area contributed by atoms with Crippen LogP contribution in [0.5, 0.6) is 11.5 Å². The second-order valence-corrected chi connectivity index (χ2v) is 4.35. The molecule has 0 amide bonds. The van der Waals surface area contributed by atoms with Crippen LogP contribution >= 0.6 is 0 Å². The van der Waals surface area contributed by atoms with Crippen molar-refractivity contribution in [3.05, 3.63) is 30.6 Å². The smallest absolute Gasteiger partial charge is 0.231 e. The molecule has 100 valence electrons. The van der Waals surface area contributed by atoms with Crippen LogP contribution in [0.25, 0.3) is 11.1 Å². The summed E-state index contributed by atoms with van der Waals surface area (Å²) in [5, 5.41) is 8.65. The van der Waals surface area contributed by atoms with E-state index < -0.39 is 0 Å². The van der Waals surface area contributed by atoms with Crippen LogP contribution < -0.4 is 14.4 Å². The van der Waals surface area contributed by atoms with Crippen LogP contribution in [0.3, 0.4) is 0 Å². The molecule has 0 radical (unpaired) electrons. The third-order valence-corrected chi connectivity index (χ3v) is 2.99. The van der Waals surface area contributed by atoms with Gasteiger partial charge in [0, 0.05) is 25.0 Å². The first-order valence-corrected chi connectivity index (χ1v) is 6.08. The monoisotopic (exact) mass is 268 g/mol. The topological polar surface area (TPSA) is 71.3 Å². The summed E-state index contributed by atoms with van der Waals surface area (Å²) in [4.78, 5) is 10.2. The molecule has 2 aromatic rings. The van der Waals surface area contributed by atoms with E-state index in [9.17, 15) is 0 Å². The molecule has 3 rings (SSSR count). The van der Waals surface area contributed by atoms with E-state index in [1.54, 1.807) is 24.3 Å². The predicted molar refractivity (Wildman–Crippen MR) is 72.5 cm³/mol. The Morgan fingerprint density at radius 1 is 1.20 bits per heavy atom. The van der Waals surface area contributed by atoms with Gasteiger partial charge in [0.1, 0.15) is 6.54 Å². The van der Waals surface area contributed by atoms with Gasteiger partial charge in [0.2, 0.25) is 12.7 Å². The minimum absolute atomic E-state index is 0.253. The summed E-state index contributed by atoms with van der Waals surface area (Å²) in [6.45, 7) is 0.510. The molecule has 0 saturated heterocycles. The van der Waals surface area contributed by atoms with Gasteiger partial charge in [-0.3, -0.25) is 0 Å². The molecule has 0 N–H and O–H groups in total. The highest BCUT2D eigenvalue weighted by Crippen LogP contribution is 2.35. The Morgan fingerprint density at radius 3 is 2.70 bits per heavy atom. The molecule has 1 aromatic heterocycles. The van der Waals surface area contributed by atoms with Gasteiger partial charge in [-0.05, 0) is 17.7 Å². The number of ether oxygens (including phenoxy) is 2. The van der Waals surface area contributed by atoms with Crippen LogP contribution in [0.2, 0.25) is 0 Å². The number of hydrogen-bond donors (Lipinski definition) is 0. The number of rotatable bonds is 3. The molecule has 0 unspecified atom stereocenters. The number of aromatic nitrogens is 2. The second-order valence-electron chi connectivity index (χ2n) is 4.35. The highest BCUT2D eigenvalue weighted by Gasteiger charge is 2.14. The van der Waals surface area contributed by atoms with Gasteiger partial charge in [0.15, 0.2) is 11.5 Å². The van der Waals surface area contributed by atoms with Gasteiger partial charge in [-0.1, -0.05) is 6.07 Å². The molecule has 2 heterocycles. The first-order valence-electron chi connectivity index (χ1n) is 6.08. The zero-order chi connectivity index (χ0) is 13.9. The number of hydrogen-bond acceptors (Lipinski definition) is 6. The summed E-state index contributed by atoms with van der Waals surface area (Å²) in [7, 11) is 1.78. The third-order valence-electron chi connectivity index (χ3n) is 2.99. The Balaban J connectivity index is 1.86. The van der Waals surface area contributed by atoms with Crippen LogP contribution in [-0.2, 0) is 0 Å². The van der Waals surface area contributed by atoms with Crippen molar-refractivity contribution in [3.8, 4) is 28.7 Å². The van der Waals surface area contributed by atoms with Gasteiger partial charge in [-0.25, -0.2) is 9.97 Å². The van der Waals surface area contributed by atoms with Crippen molar-refractivity contribution in [2.45, 2.75) is 0 Å². The van der Waals surface area contributed by atoms with Crippen molar-refractivity contribution in [3.63, 3.8) is 0 Å². The summed E-state index contributed by atoms with van der Waals surface area (Å²) >= 11 is 0. The first kappa shape index (κ1) is 12.2. The average Bonchev–Trinajstić information content (AvgIpc) is 2.95. The van der Waals surface area contributed by atoms with Crippen molar-refractivity contribution in [2.24, 2.45) is 0 Å². The summed E-state index contributed by atoms with van der Waals surface area (Å²) in [6, 6.07) is 7.76. The Kier molecular flexibility index (Phi) is 3.09. The molecule has 0 fully saturated rings. The zero-order valence-corrected chi connectivity index (χ0v) is 10.9. The summed E-state index contributed by atoms with van der Waals surface area (Å²) < 4.78 is 10.6. The van der Waals surface area contributed by atoms with Crippen molar-refractivity contribution in [1.82, 2.24) is 9.97 Å². The van der Waals surface area contributed by atoms with E-state index in [1.165, 1.54) is 0 Å². The lowest BCUT2D eigenvalue weighted by molar-refractivity contribution is 0.174. The molecular formula is C14H12N4O2. The maximum atomic E-state index is 8.65. The first-order chi connectivity index (χ1) is 9.78. The highest BCUT2D eigenvalue weighted by molar-refractivity contribution is 5.66. The maximum Gasteiger partial charge on any atom is 0.231 e. The molecule has 0 spiro atoms. The maximum absolute atomic E-state index is 8.65. The lowest BCUT2D eigenvalue weighted by atomic mass is 10.1. The van der Waals surface area contributed by atoms with Crippen LogP contribution in [0.15, 0.2) is 30.6 Å². The van der Waals surface area contributed by atoms with E-state index >= 15 is 0 Å². The van der Waals surface area contributed by atoms with Crippen LogP contribution in [0.4, 0.5) is 5.95 Å². The third kappa shape index (κ3) is 2.21. The second kappa shape index (κ2) is 5.05. The van der Waals surface area contributed by atoms with Crippen molar-refractivity contribution in [1.29, 1.82) is 5.26 Å². The molecule has 0 aliphatic carbocycles. The molecule has 1 aromatic carbocycles. The van der Waals surface area contributed by atoms with E-state index in [4.69, 9.17) is 14.7 Å². The minimum atomic E-state index is 0.253. The average molecular weight is 268 g/mol. The molecule has 1 aliphatic rings. The predicted octanol–water partition coefficient (Wildman–Crippen LogP) is 1.83. The summed E-state index contributed by atoms with van der Waals surface area (Å²) in [5.41, 5.74) is 1.85. The molecule has 0 bridgehead atoms. The fourth-order valence-electron chi connectivity index (χ4n) is 1.92. The Bertz CT molecular complexity index is 664. The van der Waals surface area contributed by atoms with Crippen molar-refractivity contribution in [2.75, 3.05) is 25.3 Å². The molecule has 0 atom stereocenters. The summed E-state index contributed by atoms with van der Waals surface area (Å²) in [5.74, 6) is 2.00. The SMILES string of the molecule is CN(CC#N)c1ncc(-c2ccc3c(c2)OCO3)cn1. The lowest BCUT2D eigenvalue weighted by Crippen LogP contribution is -2.19. The lowest BCUT2D eigenvalue weighted by Gasteiger charge is -2.12. The standard InChI is InChI=1S/C14H12N4O2/c1-18(5-4-15)14-16-7-11(8-17-14)10-2-3-12-13(6-10)20-9-19-12/h2-3,6-8H,5,9H2,1H3. The number of nitriles is 1. The Hall–Kier alpha value is -2.81. The normalized spacial score (nSPS) is 12.0. The van der Waals surface area contributed by atoms with Crippen molar-refractivity contribution >= 4 is 5.95 Å². The van der Waals surface area contributed by atoms with Crippen LogP contribution in [-0.4, -0.2) is 30.4 Å². The van der Waals surface area contributed by atoms with Gasteiger partial charge in [-0.15, -0.1) is 0 Å². The van der Waals surface area contributed by atoms with E-state index in [2.05, 4.69) is 16.0 Å². The highest BCUT2D eigenvalue weighted by atomic mass is 16.7. The fraction of sp³-hybridized carbons (Fsp3) is 0.214. The van der Waals surface area contributed by atoms with Gasteiger partial charge in [0.05, 0.1) is 6.07 Å². The molecule has 20 heavy (non-hydrogen) atoms. The van der Waals surface area contributed by atoms with Gasteiger partial charge < -0.3 is 14.4 Å². The van der Waals surface area contributed by atoms with Gasteiger partial charge in [-0.2, -0.15) is 5.26 Å². The van der Waals surface area contributed by atoms with Gasteiger partial charge in [0.25, 0.3) is 0 Å². The number of anilines is 1. The summed E-state index contributed by atoms with van der Waals surface area (Å²) in [6.07, 6.45) is 3.46. The van der Waals surface area contributed by atoms with Crippen molar-refractivity contribution < 1.29 is 9.47 Å². The molecule has 1 aliphatic heterocycles. The number of fused-ring (bicyclic) bond motifs is 1. The Labute approximate surface area is 116 Å². The number of benzene rings is 1. The zero-order valence-electron chi connectivity index (χ0n) is 10.9. The molecule has 6 nitrogen and oxygen atoms in total. The minimum Gasteiger partial charge on any atom is -0.454 e. The molecule has 0 saturated carbocycles. The molecular weight excluding hydrogens is 256 g/mol. The van der Waals surface area contributed by atoms with Crippen LogP contribution in [0, 0.1) is 11.3 Å². The van der Waals surface area contributed by atoms with Gasteiger partial charge >= 0.3 is 0 Å². The Morgan fingerprint density at radius 2 is 1.95 bits per heavy atom. The fourth-order valence-corrected chi connectivity index (χ4v) is 1.92.